The van der Waals surface area contributed by atoms with Crippen LogP contribution >= 0.6 is 0 Å². The Morgan fingerprint density at radius 1 is 1.03 bits per heavy atom. The van der Waals surface area contributed by atoms with Gasteiger partial charge in [0, 0.05) is 50.2 Å². The molecule has 2 aliphatic heterocycles. The largest absolute Gasteiger partial charge is 0.454 e. The van der Waals surface area contributed by atoms with Crippen molar-refractivity contribution in [2.24, 2.45) is 5.92 Å². The van der Waals surface area contributed by atoms with E-state index in [1.165, 1.54) is 25.1 Å². The van der Waals surface area contributed by atoms with Crippen LogP contribution in [0.3, 0.4) is 0 Å². The number of carbonyl (C=O) groups excluding carboxylic acids is 1. The van der Waals surface area contributed by atoms with E-state index < -0.39 is 0 Å². The molecule has 1 N–H and O–H groups in total. The molecule has 30 heavy (non-hydrogen) atoms. The maximum atomic E-state index is 12.4. The summed E-state index contributed by atoms with van der Waals surface area (Å²) in [5, 5.41) is 2.97. The van der Waals surface area contributed by atoms with Crippen LogP contribution in [0.2, 0.25) is 0 Å². The van der Waals surface area contributed by atoms with E-state index in [4.69, 9.17) is 9.47 Å². The first-order chi connectivity index (χ1) is 14.7. The Balaban J connectivity index is 1.17. The highest BCUT2D eigenvalue weighted by Gasteiger charge is 2.26. The summed E-state index contributed by atoms with van der Waals surface area (Å²) in [6.45, 7) is 5.81. The van der Waals surface area contributed by atoms with E-state index >= 15 is 0 Å². The SMILES string of the molecule is O=C(C=Cc1ccc2c(c1)OCO2)Nc1cccc(N2CCN(CC3CC3)CC2)c1. The predicted octanol–water partition coefficient (Wildman–Crippen LogP) is 3.60. The van der Waals surface area contributed by atoms with Crippen molar-refractivity contribution in [2.75, 3.05) is 49.7 Å². The van der Waals surface area contributed by atoms with Gasteiger partial charge in [-0.05, 0) is 60.7 Å². The summed E-state index contributed by atoms with van der Waals surface area (Å²) in [4.78, 5) is 17.4. The molecule has 6 nitrogen and oxygen atoms in total. The molecule has 2 heterocycles. The van der Waals surface area contributed by atoms with E-state index in [0.717, 1.165) is 49.1 Å². The second-order valence-electron chi connectivity index (χ2n) is 8.22. The van der Waals surface area contributed by atoms with Gasteiger partial charge in [-0.15, -0.1) is 0 Å². The lowest BCUT2D eigenvalue weighted by Crippen LogP contribution is -2.47. The Kier molecular flexibility index (Phi) is 5.32. The van der Waals surface area contributed by atoms with Gasteiger partial charge in [-0.25, -0.2) is 0 Å². The molecule has 1 saturated heterocycles. The lowest BCUT2D eigenvalue weighted by Gasteiger charge is -2.36. The minimum Gasteiger partial charge on any atom is -0.454 e. The van der Waals surface area contributed by atoms with Gasteiger partial charge in [-0.3, -0.25) is 9.69 Å². The van der Waals surface area contributed by atoms with Gasteiger partial charge in [-0.1, -0.05) is 12.1 Å². The molecule has 0 radical (unpaired) electrons. The number of amides is 1. The summed E-state index contributed by atoms with van der Waals surface area (Å²) in [6.07, 6.45) is 6.14. The zero-order chi connectivity index (χ0) is 20.3. The molecule has 3 aliphatic rings. The Hall–Kier alpha value is -2.99. The normalized spacial score (nSPS) is 18.7. The minimum absolute atomic E-state index is 0.154. The van der Waals surface area contributed by atoms with Crippen molar-refractivity contribution in [3.05, 3.63) is 54.1 Å². The monoisotopic (exact) mass is 405 g/mol. The Labute approximate surface area is 177 Å². The van der Waals surface area contributed by atoms with Crippen molar-refractivity contribution < 1.29 is 14.3 Å². The molecule has 0 bridgehead atoms. The molecule has 156 valence electrons. The van der Waals surface area contributed by atoms with Crippen LogP contribution in [0.1, 0.15) is 18.4 Å². The second kappa shape index (κ2) is 8.40. The smallest absolute Gasteiger partial charge is 0.248 e. The van der Waals surface area contributed by atoms with Crippen molar-refractivity contribution in [2.45, 2.75) is 12.8 Å². The van der Waals surface area contributed by atoms with Crippen LogP contribution in [-0.4, -0.2) is 50.3 Å². The third kappa shape index (κ3) is 4.60. The molecule has 1 amide bonds. The standard InChI is InChI=1S/C24H27N3O3/c28-24(9-7-18-6-8-22-23(14-18)30-17-29-22)25-20-2-1-3-21(15-20)27-12-10-26(11-13-27)16-19-4-5-19/h1-3,6-9,14-15,19H,4-5,10-13,16-17H2,(H,25,28). The summed E-state index contributed by atoms with van der Waals surface area (Å²) in [6, 6.07) is 13.7. The molecule has 1 aliphatic carbocycles. The van der Waals surface area contributed by atoms with Crippen molar-refractivity contribution in [3.63, 3.8) is 0 Å². The fourth-order valence-electron chi connectivity index (χ4n) is 4.01. The van der Waals surface area contributed by atoms with E-state index in [0.29, 0.717) is 5.75 Å². The molecule has 1 saturated carbocycles. The van der Waals surface area contributed by atoms with Crippen LogP contribution in [0.4, 0.5) is 11.4 Å². The van der Waals surface area contributed by atoms with Crippen LogP contribution < -0.4 is 19.7 Å². The van der Waals surface area contributed by atoms with E-state index in [2.05, 4.69) is 27.2 Å². The van der Waals surface area contributed by atoms with Crippen LogP contribution in [0.5, 0.6) is 11.5 Å². The zero-order valence-electron chi connectivity index (χ0n) is 17.0. The number of ether oxygens (including phenoxy) is 2. The number of anilines is 2. The van der Waals surface area contributed by atoms with E-state index in [-0.39, 0.29) is 12.7 Å². The summed E-state index contributed by atoms with van der Waals surface area (Å²) in [5.41, 5.74) is 2.87. The molecule has 0 atom stereocenters. The average Bonchev–Trinajstić information content (AvgIpc) is 3.46. The molecule has 2 aromatic rings. The number of carbonyl (C=O) groups is 1. The number of piperazine rings is 1. The van der Waals surface area contributed by atoms with Gasteiger partial charge in [0.15, 0.2) is 11.5 Å². The maximum absolute atomic E-state index is 12.4. The van der Waals surface area contributed by atoms with Crippen LogP contribution in [-0.2, 0) is 4.79 Å². The molecular weight excluding hydrogens is 378 g/mol. The first-order valence-corrected chi connectivity index (χ1v) is 10.7. The maximum Gasteiger partial charge on any atom is 0.248 e. The first kappa shape index (κ1) is 19.0. The van der Waals surface area contributed by atoms with E-state index in [1.54, 1.807) is 12.2 Å². The molecule has 6 heteroatoms. The number of rotatable bonds is 6. The quantitative estimate of drug-likeness (QED) is 0.745. The zero-order valence-corrected chi connectivity index (χ0v) is 17.0. The second-order valence-corrected chi connectivity index (χ2v) is 8.22. The molecule has 5 rings (SSSR count). The summed E-state index contributed by atoms with van der Waals surface area (Å²) in [5.74, 6) is 2.24. The molecule has 0 aromatic heterocycles. The third-order valence-corrected chi connectivity index (χ3v) is 5.89. The van der Waals surface area contributed by atoms with Crippen LogP contribution in [0.15, 0.2) is 48.5 Å². The van der Waals surface area contributed by atoms with Gasteiger partial charge in [0.1, 0.15) is 0 Å². The fraction of sp³-hybridized carbons (Fsp3) is 0.375. The number of nitrogens with one attached hydrogen (secondary N) is 1. The fourth-order valence-corrected chi connectivity index (χ4v) is 4.01. The predicted molar refractivity (Wildman–Crippen MR) is 118 cm³/mol. The van der Waals surface area contributed by atoms with Gasteiger partial charge in [0.05, 0.1) is 0 Å². The van der Waals surface area contributed by atoms with Crippen molar-refractivity contribution in [3.8, 4) is 11.5 Å². The van der Waals surface area contributed by atoms with Gasteiger partial charge < -0.3 is 19.7 Å². The minimum atomic E-state index is -0.154. The van der Waals surface area contributed by atoms with Gasteiger partial charge in [-0.2, -0.15) is 0 Å². The molecule has 0 spiro atoms. The summed E-state index contributed by atoms with van der Waals surface area (Å²) >= 11 is 0. The first-order valence-electron chi connectivity index (χ1n) is 10.7. The van der Waals surface area contributed by atoms with Crippen molar-refractivity contribution in [1.82, 2.24) is 4.90 Å². The number of hydrogen-bond acceptors (Lipinski definition) is 5. The molecule has 2 aromatic carbocycles. The van der Waals surface area contributed by atoms with E-state index in [1.807, 2.05) is 30.3 Å². The van der Waals surface area contributed by atoms with Crippen molar-refractivity contribution in [1.29, 1.82) is 0 Å². The number of hydrogen-bond donors (Lipinski definition) is 1. The average molecular weight is 405 g/mol. The highest BCUT2D eigenvalue weighted by atomic mass is 16.7. The highest BCUT2D eigenvalue weighted by molar-refractivity contribution is 6.02. The number of nitrogens with zero attached hydrogens (tertiary/aromatic N) is 2. The van der Waals surface area contributed by atoms with Crippen LogP contribution in [0.25, 0.3) is 6.08 Å². The van der Waals surface area contributed by atoms with Gasteiger partial charge in [0.25, 0.3) is 0 Å². The summed E-state index contributed by atoms with van der Waals surface area (Å²) in [7, 11) is 0. The molecule has 0 unspecified atom stereocenters. The Bertz CT molecular complexity index is 946. The van der Waals surface area contributed by atoms with Crippen LogP contribution in [0, 0.1) is 5.92 Å². The van der Waals surface area contributed by atoms with Crippen molar-refractivity contribution >= 4 is 23.4 Å². The number of benzene rings is 2. The molecule has 2 fully saturated rings. The molecular formula is C24H27N3O3. The Morgan fingerprint density at radius 3 is 2.70 bits per heavy atom. The Morgan fingerprint density at radius 2 is 1.87 bits per heavy atom. The number of fused-ring (bicyclic) bond motifs is 1. The highest BCUT2D eigenvalue weighted by Crippen LogP contribution is 2.33. The third-order valence-electron chi connectivity index (χ3n) is 5.89. The topological polar surface area (TPSA) is 54.0 Å². The van der Waals surface area contributed by atoms with E-state index in [9.17, 15) is 4.79 Å². The lowest BCUT2D eigenvalue weighted by molar-refractivity contribution is -0.111. The van der Waals surface area contributed by atoms with Gasteiger partial charge in [0.2, 0.25) is 12.7 Å². The van der Waals surface area contributed by atoms with Gasteiger partial charge >= 0.3 is 0 Å². The lowest BCUT2D eigenvalue weighted by atomic mass is 10.2. The summed E-state index contributed by atoms with van der Waals surface area (Å²) < 4.78 is 10.7.